The molecule has 0 saturated carbocycles. The van der Waals surface area contributed by atoms with E-state index in [0.717, 1.165) is 24.9 Å². The third kappa shape index (κ3) is 4.06. The summed E-state index contributed by atoms with van der Waals surface area (Å²) in [5.41, 5.74) is 1.31. The summed E-state index contributed by atoms with van der Waals surface area (Å²) >= 11 is 6.46. The molecule has 3 heterocycles. The van der Waals surface area contributed by atoms with E-state index in [2.05, 4.69) is 10.1 Å². The highest BCUT2D eigenvalue weighted by Crippen LogP contribution is 2.32. The number of anilines is 1. The Labute approximate surface area is 174 Å². The molecule has 29 heavy (non-hydrogen) atoms. The average molecular weight is 414 g/mol. The van der Waals surface area contributed by atoms with E-state index in [-0.39, 0.29) is 16.5 Å². The van der Waals surface area contributed by atoms with Crippen molar-refractivity contribution < 1.29 is 5.11 Å². The fourth-order valence-corrected chi connectivity index (χ4v) is 4.17. The predicted molar refractivity (Wildman–Crippen MR) is 112 cm³/mol. The van der Waals surface area contributed by atoms with Crippen molar-refractivity contribution in [1.29, 1.82) is 0 Å². The second-order valence-electron chi connectivity index (χ2n) is 7.48. The smallest absolute Gasteiger partial charge is 0.287 e. The Balaban J connectivity index is 1.54. The van der Waals surface area contributed by atoms with E-state index >= 15 is 0 Å². The van der Waals surface area contributed by atoms with Gasteiger partial charge in [0.05, 0.1) is 18.4 Å². The van der Waals surface area contributed by atoms with Crippen molar-refractivity contribution in [3.8, 4) is 0 Å². The third-order valence-corrected chi connectivity index (χ3v) is 5.86. The van der Waals surface area contributed by atoms with Crippen molar-refractivity contribution in [1.82, 2.24) is 19.3 Å². The second-order valence-corrected chi connectivity index (χ2v) is 7.86. The number of aryl methyl sites for hydroxylation is 1. The molecule has 1 N–H and O–H groups in total. The van der Waals surface area contributed by atoms with Crippen LogP contribution < -0.4 is 10.5 Å². The quantitative estimate of drug-likeness (QED) is 0.695. The van der Waals surface area contributed by atoms with Gasteiger partial charge in [0, 0.05) is 38.4 Å². The fourth-order valence-electron chi connectivity index (χ4n) is 3.91. The zero-order valence-corrected chi connectivity index (χ0v) is 17.0. The second kappa shape index (κ2) is 8.39. The van der Waals surface area contributed by atoms with Crippen LogP contribution in [-0.4, -0.2) is 37.5 Å². The summed E-state index contributed by atoms with van der Waals surface area (Å²) < 4.78 is 3.22. The maximum atomic E-state index is 12.8. The van der Waals surface area contributed by atoms with E-state index in [1.165, 1.54) is 4.68 Å². The number of aromatic nitrogens is 4. The fraction of sp³-hybridized carbons (Fsp3) is 0.381. The van der Waals surface area contributed by atoms with Crippen molar-refractivity contribution >= 4 is 17.3 Å². The van der Waals surface area contributed by atoms with E-state index in [1.807, 2.05) is 53.0 Å². The first-order chi connectivity index (χ1) is 14.0. The summed E-state index contributed by atoms with van der Waals surface area (Å²) in [4.78, 5) is 19.1. The van der Waals surface area contributed by atoms with Crippen LogP contribution in [0.1, 0.15) is 30.3 Å². The summed E-state index contributed by atoms with van der Waals surface area (Å²) in [7, 11) is 1.87. The van der Waals surface area contributed by atoms with Gasteiger partial charge in [-0.05, 0) is 18.4 Å². The molecule has 2 aromatic heterocycles. The first-order valence-electron chi connectivity index (χ1n) is 9.74. The lowest BCUT2D eigenvalue weighted by atomic mass is 9.91. The molecule has 7 nitrogen and oxygen atoms in total. The maximum Gasteiger partial charge on any atom is 0.287 e. The van der Waals surface area contributed by atoms with Crippen LogP contribution >= 0.6 is 11.6 Å². The molecule has 3 aromatic rings. The molecule has 1 aliphatic rings. The van der Waals surface area contributed by atoms with E-state index in [9.17, 15) is 9.90 Å². The molecule has 2 unspecified atom stereocenters. The number of aliphatic hydroxyl groups excluding tert-OH is 1. The summed E-state index contributed by atoms with van der Waals surface area (Å²) in [5.74, 6) is 0.659. The number of benzene rings is 1. The summed E-state index contributed by atoms with van der Waals surface area (Å²) in [6.07, 6.45) is 6.29. The van der Waals surface area contributed by atoms with Crippen molar-refractivity contribution in [3.05, 3.63) is 75.7 Å². The Bertz CT molecular complexity index is 1030. The van der Waals surface area contributed by atoms with E-state index in [4.69, 9.17) is 11.6 Å². The number of halogens is 1. The minimum atomic E-state index is -0.664. The van der Waals surface area contributed by atoms with Crippen LogP contribution in [0.4, 0.5) is 5.69 Å². The number of aliphatic hydroxyl groups is 1. The molecule has 1 aromatic carbocycles. The third-order valence-electron chi connectivity index (χ3n) is 5.51. The van der Waals surface area contributed by atoms with Crippen LogP contribution in [0.15, 0.2) is 53.7 Å². The molecule has 152 valence electrons. The monoisotopic (exact) mass is 413 g/mol. The van der Waals surface area contributed by atoms with Gasteiger partial charge in [0.25, 0.3) is 5.56 Å². The first-order valence-corrected chi connectivity index (χ1v) is 10.1. The normalized spacial score (nSPS) is 18.0. The van der Waals surface area contributed by atoms with Gasteiger partial charge in [0.1, 0.15) is 17.0 Å². The average Bonchev–Trinajstić information content (AvgIpc) is 3.18. The lowest BCUT2D eigenvalue weighted by Gasteiger charge is -2.36. The Morgan fingerprint density at radius 3 is 2.83 bits per heavy atom. The molecule has 0 aliphatic carbocycles. The van der Waals surface area contributed by atoms with Gasteiger partial charge in [-0.2, -0.15) is 5.10 Å². The number of imidazole rings is 1. The Morgan fingerprint density at radius 2 is 2.10 bits per heavy atom. The van der Waals surface area contributed by atoms with E-state index in [1.54, 1.807) is 12.4 Å². The highest BCUT2D eigenvalue weighted by molar-refractivity contribution is 6.33. The van der Waals surface area contributed by atoms with Gasteiger partial charge >= 0.3 is 0 Å². The Kier molecular flexibility index (Phi) is 5.69. The molecule has 2 atom stereocenters. The van der Waals surface area contributed by atoms with Crippen LogP contribution in [0.25, 0.3) is 0 Å². The van der Waals surface area contributed by atoms with Crippen molar-refractivity contribution in [2.45, 2.75) is 25.5 Å². The van der Waals surface area contributed by atoms with Crippen molar-refractivity contribution in [2.75, 3.05) is 18.0 Å². The van der Waals surface area contributed by atoms with E-state index in [0.29, 0.717) is 24.6 Å². The van der Waals surface area contributed by atoms with Crippen molar-refractivity contribution in [3.63, 3.8) is 0 Å². The summed E-state index contributed by atoms with van der Waals surface area (Å²) in [6.45, 7) is 1.74. The number of rotatable bonds is 5. The van der Waals surface area contributed by atoms with Crippen LogP contribution in [0, 0.1) is 5.92 Å². The van der Waals surface area contributed by atoms with Crippen LogP contribution in [0.2, 0.25) is 5.02 Å². The van der Waals surface area contributed by atoms with Crippen LogP contribution in [-0.2, 0) is 13.6 Å². The largest absolute Gasteiger partial charge is 0.385 e. The van der Waals surface area contributed by atoms with Crippen molar-refractivity contribution in [2.24, 2.45) is 13.0 Å². The molecule has 1 saturated heterocycles. The molecule has 0 spiro atoms. The zero-order chi connectivity index (χ0) is 20.4. The molecule has 0 amide bonds. The van der Waals surface area contributed by atoms with Gasteiger partial charge in [-0.1, -0.05) is 41.9 Å². The molecule has 8 heteroatoms. The van der Waals surface area contributed by atoms with E-state index < -0.39 is 6.10 Å². The van der Waals surface area contributed by atoms with Crippen LogP contribution in [0.3, 0.4) is 0 Å². The highest BCUT2D eigenvalue weighted by atomic mass is 35.5. The number of hydrogen-bond acceptors (Lipinski definition) is 5. The topological polar surface area (TPSA) is 76.2 Å². The molecular formula is C21H24ClN5O2. The lowest BCUT2D eigenvalue weighted by Crippen LogP contribution is -2.39. The highest BCUT2D eigenvalue weighted by Gasteiger charge is 2.30. The molecule has 0 bridgehead atoms. The first kappa shape index (κ1) is 19.7. The van der Waals surface area contributed by atoms with Gasteiger partial charge in [0.15, 0.2) is 0 Å². The van der Waals surface area contributed by atoms with Gasteiger partial charge in [-0.15, -0.1) is 0 Å². The summed E-state index contributed by atoms with van der Waals surface area (Å²) in [5, 5.41) is 15.3. The number of piperidine rings is 1. The van der Waals surface area contributed by atoms with Gasteiger partial charge in [-0.3, -0.25) is 4.79 Å². The van der Waals surface area contributed by atoms with Gasteiger partial charge in [0.2, 0.25) is 0 Å². The Morgan fingerprint density at radius 1 is 1.31 bits per heavy atom. The minimum Gasteiger partial charge on any atom is -0.385 e. The summed E-state index contributed by atoms with van der Waals surface area (Å²) in [6, 6.07) is 9.69. The number of nitrogens with zero attached hydrogens (tertiary/aromatic N) is 5. The van der Waals surface area contributed by atoms with Crippen LogP contribution in [0.5, 0.6) is 0 Å². The molecule has 1 aliphatic heterocycles. The SMILES string of the molecule is Cn1ccnc1C(O)C1CCCN(c2cnn(Cc3ccccc3)c(=O)c2Cl)C1. The molecule has 1 fully saturated rings. The minimum absolute atomic E-state index is 0.00710. The Hall–Kier alpha value is -2.64. The molecular weight excluding hydrogens is 390 g/mol. The lowest BCUT2D eigenvalue weighted by molar-refractivity contribution is 0.0875. The molecule has 0 radical (unpaired) electrons. The predicted octanol–water partition coefficient (Wildman–Crippen LogP) is 2.63. The van der Waals surface area contributed by atoms with Gasteiger partial charge < -0.3 is 14.6 Å². The number of hydrogen-bond donors (Lipinski definition) is 1. The zero-order valence-electron chi connectivity index (χ0n) is 16.3. The maximum absolute atomic E-state index is 12.8. The molecule has 4 rings (SSSR count). The standard InChI is InChI=1S/C21H24ClN5O2/c1-25-11-9-23-20(25)19(28)16-8-5-10-26(14-16)17-12-24-27(21(29)18(17)22)13-15-6-3-2-4-7-15/h2-4,6-7,9,11-12,16,19,28H,5,8,10,13-14H2,1H3. The van der Waals surface area contributed by atoms with Gasteiger partial charge in [-0.25, -0.2) is 9.67 Å².